The average Bonchev–Trinajstić information content (AvgIpc) is 3.00. The summed E-state index contributed by atoms with van der Waals surface area (Å²) >= 11 is 0. The van der Waals surface area contributed by atoms with Crippen LogP contribution in [0.3, 0.4) is 0 Å². The Kier molecular flexibility index (Phi) is 5.33. The van der Waals surface area contributed by atoms with E-state index in [-0.39, 0.29) is 5.41 Å². The van der Waals surface area contributed by atoms with E-state index in [2.05, 4.69) is 43.9 Å². The Morgan fingerprint density at radius 3 is 2.74 bits per heavy atom. The van der Waals surface area contributed by atoms with Crippen molar-refractivity contribution >= 4 is 5.78 Å². The fourth-order valence-electron chi connectivity index (χ4n) is 6.25. The van der Waals surface area contributed by atoms with E-state index in [1.54, 1.807) is 5.56 Å². The van der Waals surface area contributed by atoms with Gasteiger partial charge in [-0.1, -0.05) is 26.8 Å². The number of hydrogen-bond donors (Lipinski definition) is 0. The van der Waals surface area contributed by atoms with E-state index in [0.29, 0.717) is 23.5 Å². The van der Waals surface area contributed by atoms with E-state index in [4.69, 9.17) is 4.74 Å². The molecule has 3 aliphatic rings. The van der Waals surface area contributed by atoms with E-state index < -0.39 is 0 Å². The second-order valence-electron chi connectivity index (χ2n) is 9.07. The molecule has 27 heavy (non-hydrogen) atoms. The van der Waals surface area contributed by atoms with E-state index in [0.717, 1.165) is 57.7 Å². The van der Waals surface area contributed by atoms with Gasteiger partial charge in [0.05, 0.1) is 0 Å². The van der Waals surface area contributed by atoms with Gasteiger partial charge in [-0.15, -0.1) is 0 Å². The number of fused-ring (bicyclic) bond motifs is 5. The third-order valence-corrected chi connectivity index (χ3v) is 7.98. The second kappa shape index (κ2) is 7.58. The summed E-state index contributed by atoms with van der Waals surface area (Å²) in [6.45, 7) is 10.6. The summed E-state index contributed by atoms with van der Waals surface area (Å²) < 4.78 is 6.06. The summed E-state index contributed by atoms with van der Waals surface area (Å²) in [5.41, 5.74) is 3.01. The molecule has 2 fully saturated rings. The molecule has 3 nitrogen and oxygen atoms in total. The number of Topliss-reactive ketones (excluding diaryl/α,β-unsaturated/α-hetero) is 1. The van der Waals surface area contributed by atoms with Gasteiger partial charge < -0.3 is 9.64 Å². The zero-order chi connectivity index (χ0) is 19.0. The van der Waals surface area contributed by atoms with Crippen molar-refractivity contribution in [1.82, 2.24) is 4.90 Å². The molecule has 4 atom stereocenters. The Hall–Kier alpha value is -1.35. The van der Waals surface area contributed by atoms with Gasteiger partial charge in [0.15, 0.2) is 0 Å². The Morgan fingerprint density at radius 2 is 1.96 bits per heavy atom. The Morgan fingerprint density at radius 1 is 1.15 bits per heavy atom. The lowest BCUT2D eigenvalue weighted by molar-refractivity contribution is -0.129. The number of ketones is 1. The van der Waals surface area contributed by atoms with Crippen LogP contribution in [0.5, 0.6) is 5.75 Å². The molecular weight excluding hydrogens is 334 g/mol. The summed E-state index contributed by atoms with van der Waals surface area (Å²) in [5, 5.41) is 0. The lowest BCUT2D eigenvalue weighted by Crippen LogP contribution is -2.42. The van der Waals surface area contributed by atoms with Gasteiger partial charge in [0, 0.05) is 18.4 Å². The van der Waals surface area contributed by atoms with E-state index in [1.807, 2.05) is 0 Å². The molecule has 0 bridgehead atoms. The standard InChI is InChI=1S/C24H35NO2/c1-4-25(5-2)14-15-27-18-7-9-19-17(16-18)6-8-21-20(19)12-13-24(3)22(21)10-11-23(24)26/h7,9,16,20-22H,4-6,8,10-15H2,1-3H3/t20-,21-,22+,24-/m1/s1. The van der Waals surface area contributed by atoms with Crippen LogP contribution in [0.15, 0.2) is 18.2 Å². The molecule has 0 saturated heterocycles. The van der Waals surface area contributed by atoms with Gasteiger partial charge in [-0.3, -0.25) is 4.79 Å². The maximum absolute atomic E-state index is 12.5. The molecule has 148 valence electrons. The van der Waals surface area contributed by atoms with Gasteiger partial charge in [0.1, 0.15) is 18.1 Å². The summed E-state index contributed by atoms with van der Waals surface area (Å²) in [7, 11) is 0. The van der Waals surface area contributed by atoms with Crippen LogP contribution in [-0.2, 0) is 11.2 Å². The monoisotopic (exact) mass is 369 g/mol. The number of carbonyl (C=O) groups is 1. The van der Waals surface area contributed by atoms with Crippen molar-refractivity contribution in [3.8, 4) is 5.75 Å². The number of nitrogens with zero attached hydrogens (tertiary/aromatic N) is 1. The molecule has 0 N–H and O–H groups in total. The number of carbonyl (C=O) groups excluding carboxylic acids is 1. The van der Waals surface area contributed by atoms with Crippen LogP contribution in [0.4, 0.5) is 0 Å². The largest absolute Gasteiger partial charge is 0.492 e. The number of benzene rings is 1. The van der Waals surface area contributed by atoms with Gasteiger partial charge in [0.2, 0.25) is 0 Å². The van der Waals surface area contributed by atoms with E-state index in [1.165, 1.54) is 18.4 Å². The third-order valence-electron chi connectivity index (χ3n) is 7.98. The van der Waals surface area contributed by atoms with Crippen molar-refractivity contribution in [1.29, 1.82) is 0 Å². The molecule has 0 spiro atoms. The Labute approximate surface area is 164 Å². The quantitative estimate of drug-likeness (QED) is 0.719. The van der Waals surface area contributed by atoms with Crippen LogP contribution < -0.4 is 4.74 Å². The summed E-state index contributed by atoms with van der Waals surface area (Å²) in [4.78, 5) is 14.9. The highest BCUT2D eigenvalue weighted by atomic mass is 16.5. The molecule has 3 aliphatic carbocycles. The van der Waals surface area contributed by atoms with Crippen LogP contribution in [0.1, 0.15) is 69.9 Å². The van der Waals surface area contributed by atoms with Crippen LogP contribution in [0.25, 0.3) is 0 Å². The number of aryl methyl sites for hydroxylation is 1. The molecular formula is C24H35NO2. The average molecular weight is 370 g/mol. The van der Waals surface area contributed by atoms with Gasteiger partial charge in [-0.05, 0) is 86.2 Å². The van der Waals surface area contributed by atoms with Gasteiger partial charge in [0.25, 0.3) is 0 Å². The molecule has 0 radical (unpaired) electrons. The highest BCUT2D eigenvalue weighted by Gasteiger charge is 2.54. The van der Waals surface area contributed by atoms with Gasteiger partial charge in [-0.2, -0.15) is 0 Å². The summed E-state index contributed by atoms with van der Waals surface area (Å²) in [6.07, 6.45) is 6.59. The minimum atomic E-state index is -0.0217. The summed E-state index contributed by atoms with van der Waals surface area (Å²) in [6, 6.07) is 6.80. The second-order valence-corrected chi connectivity index (χ2v) is 9.07. The van der Waals surface area contributed by atoms with E-state index in [9.17, 15) is 4.79 Å². The SMILES string of the molecule is CCN(CC)CCOc1ccc2c(c1)CC[C@@H]1[C@@H]2CC[C@@]2(C)C(=O)CC[C@@H]12. The highest BCUT2D eigenvalue weighted by molar-refractivity contribution is 5.87. The number of hydrogen-bond acceptors (Lipinski definition) is 3. The first-order chi connectivity index (χ1) is 13.1. The predicted octanol–water partition coefficient (Wildman–Crippen LogP) is 4.83. The lowest BCUT2D eigenvalue weighted by Gasteiger charge is -2.48. The number of ether oxygens (including phenoxy) is 1. The zero-order valence-electron chi connectivity index (χ0n) is 17.3. The van der Waals surface area contributed by atoms with Gasteiger partial charge in [-0.25, -0.2) is 0 Å². The molecule has 1 aromatic carbocycles. The number of rotatable bonds is 6. The molecule has 0 amide bonds. The molecule has 0 aliphatic heterocycles. The fraction of sp³-hybridized carbons (Fsp3) is 0.708. The van der Waals surface area contributed by atoms with Crippen molar-refractivity contribution < 1.29 is 9.53 Å². The first kappa shape index (κ1) is 19.0. The fourth-order valence-corrected chi connectivity index (χ4v) is 6.25. The van der Waals surface area contributed by atoms with Crippen molar-refractivity contribution in [2.24, 2.45) is 17.3 Å². The normalized spacial score (nSPS) is 32.1. The number of likely N-dealkylation sites (N-methyl/N-ethyl adjacent to an activating group) is 1. The van der Waals surface area contributed by atoms with Crippen LogP contribution in [0, 0.1) is 17.3 Å². The summed E-state index contributed by atoms with van der Waals surface area (Å²) in [5.74, 6) is 3.53. The van der Waals surface area contributed by atoms with Crippen LogP contribution >= 0.6 is 0 Å². The van der Waals surface area contributed by atoms with E-state index >= 15 is 0 Å². The Balaban J connectivity index is 1.45. The minimum Gasteiger partial charge on any atom is -0.492 e. The van der Waals surface area contributed by atoms with Gasteiger partial charge >= 0.3 is 0 Å². The smallest absolute Gasteiger partial charge is 0.139 e. The maximum Gasteiger partial charge on any atom is 0.139 e. The molecule has 4 rings (SSSR count). The first-order valence-electron chi connectivity index (χ1n) is 11.1. The van der Waals surface area contributed by atoms with Crippen molar-refractivity contribution in [3.05, 3.63) is 29.3 Å². The van der Waals surface area contributed by atoms with Crippen LogP contribution in [0.2, 0.25) is 0 Å². The molecule has 1 aromatic rings. The minimum absolute atomic E-state index is 0.0217. The van der Waals surface area contributed by atoms with Crippen molar-refractivity contribution in [3.63, 3.8) is 0 Å². The molecule has 0 unspecified atom stereocenters. The highest BCUT2D eigenvalue weighted by Crippen LogP contribution is 2.59. The molecule has 0 aromatic heterocycles. The molecule has 0 heterocycles. The molecule has 3 heteroatoms. The topological polar surface area (TPSA) is 29.5 Å². The predicted molar refractivity (Wildman–Crippen MR) is 109 cm³/mol. The molecule has 2 saturated carbocycles. The third kappa shape index (κ3) is 3.33. The maximum atomic E-state index is 12.5. The first-order valence-corrected chi connectivity index (χ1v) is 11.1. The van der Waals surface area contributed by atoms with Crippen LogP contribution in [-0.4, -0.2) is 36.9 Å². The Bertz CT molecular complexity index is 696. The zero-order valence-corrected chi connectivity index (χ0v) is 17.3. The lowest BCUT2D eigenvalue weighted by atomic mass is 9.55. The van der Waals surface area contributed by atoms with Crippen molar-refractivity contribution in [2.45, 2.75) is 65.2 Å². The van der Waals surface area contributed by atoms with Crippen molar-refractivity contribution in [2.75, 3.05) is 26.2 Å².